The minimum atomic E-state index is -0.103. The number of hydrogen-bond donors (Lipinski definition) is 1. The first kappa shape index (κ1) is 17.0. The maximum atomic E-state index is 12.5. The zero-order valence-electron chi connectivity index (χ0n) is 16.0. The first-order valence-corrected chi connectivity index (χ1v) is 9.62. The summed E-state index contributed by atoms with van der Waals surface area (Å²) in [6, 6.07) is 8.31. The van der Waals surface area contributed by atoms with E-state index in [2.05, 4.69) is 22.4 Å². The van der Waals surface area contributed by atoms with E-state index in [1.807, 2.05) is 25.4 Å². The van der Waals surface area contributed by atoms with Gasteiger partial charge < -0.3 is 10.1 Å². The molecule has 1 amide bonds. The van der Waals surface area contributed by atoms with Crippen LogP contribution in [0.1, 0.15) is 41.0 Å². The van der Waals surface area contributed by atoms with Crippen molar-refractivity contribution in [3.8, 4) is 17.0 Å². The number of aromatic nitrogens is 3. The van der Waals surface area contributed by atoms with Crippen LogP contribution in [0.5, 0.6) is 5.75 Å². The lowest BCUT2D eigenvalue weighted by Gasteiger charge is -2.26. The number of nitrogens with zero attached hydrogens (tertiary/aromatic N) is 3. The van der Waals surface area contributed by atoms with Crippen LogP contribution >= 0.6 is 0 Å². The molecule has 3 aromatic rings. The van der Waals surface area contributed by atoms with Crippen molar-refractivity contribution < 1.29 is 9.53 Å². The number of anilines is 1. The van der Waals surface area contributed by atoms with E-state index >= 15 is 0 Å². The van der Waals surface area contributed by atoms with Crippen LogP contribution in [0, 0.1) is 0 Å². The van der Waals surface area contributed by atoms with Crippen LogP contribution in [-0.2, 0) is 24.7 Å². The highest BCUT2D eigenvalue weighted by Crippen LogP contribution is 2.46. The zero-order chi connectivity index (χ0) is 19.3. The van der Waals surface area contributed by atoms with Crippen LogP contribution in [0.15, 0.2) is 36.7 Å². The van der Waals surface area contributed by atoms with Crippen molar-refractivity contribution in [1.29, 1.82) is 0 Å². The number of fused-ring (bicyclic) bond motifs is 2. The fourth-order valence-electron chi connectivity index (χ4n) is 4.54. The van der Waals surface area contributed by atoms with Crippen LogP contribution in [0.3, 0.4) is 0 Å². The lowest BCUT2D eigenvalue weighted by molar-refractivity contribution is -0.116. The fraction of sp³-hybridized carbons (Fsp3) is 0.318. The molecule has 1 aromatic carbocycles. The molecule has 5 rings (SSSR count). The topological polar surface area (TPSA) is 69.0 Å². The SMILES string of the molecule is COc1cc2c(cc1[C@H]1CC(=O)Nc3c1c(-c1cccnc1)nn3C)CCC2. The summed E-state index contributed by atoms with van der Waals surface area (Å²) in [6.45, 7) is 0. The minimum Gasteiger partial charge on any atom is -0.496 e. The highest BCUT2D eigenvalue weighted by atomic mass is 16.5. The molecule has 1 N–H and O–H groups in total. The summed E-state index contributed by atoms with van der Waals surface area (Å²) < 4.78 is 7.51. The molecular formula is C22H22N4O2. The van der Waals surface area contributed by atoms with Crippen LogP contribution < -0.4 is 10.1 Å². The van der Waals surface area contributed by atoms with Gasteiger partial charge in [-0.2, -0.15) is 5.10 Å². The zero-order valence-corrected chi connectivity index (χ0v) is 16.0. The van der Waals surface area contributed by atoms with Gasteiger partial charge in [-0.25, -0.2) is 0 Å². The number of carbonyl (C=O) groups excluding carboxylic acids is 1. The first-order chi connectivity index (χ1) is 13.7. The lowest BCUT2D eigenvalue weighted by Crippen LogP contribution is -2.25. The number of nitrogens with one attached hydrogen (secondary N) is 1. The molecule has 0 bridgehead atoms. The van der Waals surface area contributed by atoms with Gasteiger partial charge in [0.25, 0.3) is 0 Å². The third-order valence-electron chi connectivity index (χ3n) is 5.83. The third kappa shape index (κ3) is 2.59. The molecule has 0 saturated carbocycles. The number of rotatable bonds is 3. The first-order valence-electron chi connectivity index (χ1n) is 9.62. The number of amides is 1. The Balaban J connectivity index is 1.73. The maximum Gasteiger partial charge on any atom is 0.226 e. The van der Waals surface area contributed by atoms with E-state index in [0.29, 0.717) is 6.42 Å². The largest absolute Gasteiger partial charge is 0.496 e. The highest BCUT2D eigenvalue weighted by Gasteiger charge is 2.35. The van der Waals surface area contributed by atoms with Crippen molar-refractivity contribution in [2.45, 2.75) is 31.6 Å². The highest BCUT2D eigenvalue weighted by molar-refractivity contribution is 5.96. The molecule has 6 nitrogen and oxygen atoms in total. The van der Waals surface area contributed by atoms with E-state index in [-0.39, 0.29) is 11.8 Å². The van der Waals surface area contributed by atoms with Crippen molar-refractivity contribution in [1.82, 2.24) is 14.8 Å². The standard InChI is InChI=1S/C22H22N4O2/c1-26-22-20(21(25-26)15-7-4-8-23-12-15)17(11-19(27)24-22)16-9-13-5-3-6-14(13)10-18(16)28-2/h4,7-10,12,17H,3,5-6,11H2,1-2H3,(H,24,27)/t17-/m1/s1. The summed E-state index contributed by atoms with van der Waals surface area (Å²) in [5, 5.41) is 7.73. The van der Waals surface area contributed by atoms with Gasteiger partial charge in [0, 0.05) is 48.5 Å². The number of hydrogen-bond acceptors (Lipinski definition) is 4. The molecule has 1 aliphatic carbocycles. The molecule has 142 valence electrons. The Kier molecular flexibility index (Phi) is 3.93. The molecule has 6 heteroatoms. The molecule has 1 atom stereocenters. The molecule has 3 heterocycles. The van der Waals surface area contributed by atoms with Gasteiger partial charge in [-0.05, 0) is 48.6 Å². The molecule has 0 radical (unpaired) electrons. The Morgan fingerprint density at radius 3 is 2.82 bits per heavy atom. The Hall–Kier alpha value is -3.15. The Bertz CT molecular complexity index is 1070. The van der Waals surface area contributed by atoms with Crippen LogP contribution in [-0.4, -0.2) is 27.8 Å². The smallest absolute Gasteiger partial charge is 0.226 e. The molecule has 0 unspecified atom stereocenters. The quantitative estimate of drug-likeness (QED) is 0.762. The third-order valence-corrected chi connectivity index (χ3v) is 5.83. The maximum absolute atomic E-state index is 12.5. The van der Waals surface area contributed by atoms with E-state index < -0.39 is 0 Å². The fourth-order valence-corrected chi connectivity index (χ4v) is 4.54. The number of aryl methyl sites for hydroxylation is 3. The number of carbonyl (C=O) groups is 1. The summed E-state index contributed by atoms with van der Waals surface area (Å²) in [5.41, 5.74) is 6.64. The average molecular weight is 374 g/mol. The van der Waals surface area contributed by atoms with Gasteiger partial charge in [0.05, 0.1) is 12.8 Å². The van der Waals surface area contributed by atoms with Gasteiger partial charge in [-0.1, -0.05) is 6.07 Å². The van der Waals surface area contributed by atoms with Crippen molar-refractivity contribution >= 4 is 11.7 Å². The molecule has 2 aromatic heterocycles. The minimum absolute atomic E-state index is 0.000730. The lowest BCUT2D eigenvalue weighted by atomic mass is 9.83. The van der Waals surface area contributed by atoms with Crippen LogP contribution in [0.2, 0.25) is 0 Å². The van der Waals surface area contributed by atoms with E-state index in [1.165, 1.54) is 17.5 Å². The summed E-state index contributed by atoms with van der Waals surface area (Å²) in [7, 11) is 3.57. The number of methoxy groups -OCH3 is 1. The Labute approximate surface area is 163 Å². The monoisotopic (exact) mass is 374 g/mol. The molecular weight excluding hydrogens is 352 g/mol. The van der Waals surface area contributed by atoms with Crippen molar-refractivity contribution in [3.05, 3.63) is 58.9 Å². The van der Waals surface area contributed by atoms with Gasteiger partial charge in [0.2, 0.25) is 5.91 Å². The molecule has 0 spiro atoms. The summed E-state index contributed by atoms with van der Waals surface area (Å²) >= 11 is 0. The summed E-state index contributed by atoms with van der Waals surface area (Å²) in [5.74, 6) is 1.50. The van der Waals surface area contributed by atoms with Gasteiger partial charge in [-0.3, -0.25) is 14.5 Å². The molecule has 28 heavy (non-hydrogen) atoms. The van der Waals surface area contributed by atoms with Crippen molar-refractivity contribution in [2.75, 3.05) is 12.4 Å². The van der Waals surface area contributed by atoms with Gasteiger partial charge in [0.1, 0.15) is 11.6 Å². The van der Waals surface area contributed by atoms with E-state index in [9.17, 15) is 4.79 Å². The average Bonchev–Trinajstić information content (AvgIpc) is 3.31. The Morgan fingerprint density at radius 1 is 1.25 bits per heavy atom. The number of ether oxygens (including phenoxy) is 1. The molecule has 2 aliphatic rings. The van der Waals surface area contributed by atoms with E-state index in [0.717, 1.165) is 46.8 Å². The predicted molar refractivity (Wildman–Crippen MR) is 107 cm³/mol. The van der Waals surface area contributed by atoms with Crippen LogP contribution in [0.4, 0.5) is 5.82 Å². The normalized spacial score (nSPS) is 17.8. The summed E-state index contributed by atoms with van der Waals surface area (Å²) in [4.78, 5) is 16.8. The second-order valence-corrected chi connectivity index (χ2v) is 7.50. The number of benzene rings is 1. The number of pyridine rings is 1. The Morgan fingerprint density at radius 2 is 2.07 bits per heavy atom. The van der Waals surface area contributed by atoms with E-state index in [1.54, 1.807) is 18.0 Å². The molecule has 1 aliphatic heterocycles. The summed E-state index contributed by atoms with van der Waals surface area (Å²) in [6.07, 6.45) is 7.29. The van der Waals surface area contributed by atoms with Gasteiger partial charge in [-0.15, -0.1) is 0 Å². The second-order valence-electron chi connectivity index (χ2n) is 7.50. The van der Waals surface area contributed by atoms with Gasteiger partial charge in [0.15, 0.2) is 0 Å². The van der Waals surface area contributed by atoms with Gasteiger partial charge >= 0.3 is 0 Å². The van der Waals surface area contributed by atoms with Crippen LogP contribution in [0.25, 0.3) is 11.3 Å². The van der Waals surface area contributed by atoms with Crippen molar-refractivity contribution in [3.63, 3.8) is 0 Å². The second kappa shape index (κ2) is 6.48. The predicted octanol–water partition coefficient (Wildman–Crippen LogP) is 3.45. The molecule has 0 saturated heterocycles. The molecule has 0 fully saturated rings. The van der Waals surface area contributed by atoms with E-state index in [4.69, 9.17) is 9.84 Å². The van der Waals surface area contributed by atoms with Crippen molar-refractivity contribution in [2.24, 2.45) is 7.05 Å².